The van der Waals surface area contributed by atoms with Crippen LogP contribution in [-0.4, -0.2) is 12.7 Å². The van der Waals surface area contributed by atoms with E-state index in [2.05, 4.69) is 4.52 Å². The van der Waals surface area contributed by atoms with Crippen molar-refractivity contribution in [3.8, 4) is 0 Å². The van der Waals surface area contributed by atoms with E-state index in [0.29, 0.717) is 6.42 Å². The lowest BCUT2D eigenvalue weighted by atomic mass is 9.79. The summed E-state index contributed by atoms with van der Waals surface area (Å²) in [6, 6.07) is 0. The van der Waals surface area contributed by atoms with Gasteiger partial charge in [0.25, 0.3) is 0 Å². The van der Waals surface area contributed by atoms with E-state index in [4.69, 9.17) is 4.52 Å². The molecule has 0 aromatic carbocycles. The molecular formula is C8H16FO3P. The number of hydrogen-bond donors (Lipinski definition) is 0. The van der Waals surface area contributed by atoms with Gasteiger partial charge in [-0.3, -0.25) is 9.05 Å². The van der Waals surface area contributed by atoms with E-state index in [1.807, 2.05) is 13.8 Å². The Bertz CT molecular complexity index is 233. The van der Waals surface area contributed by atoms with Crippen LogP contribution in [-0.2, 0) is 13.6 Å². The van der Waals surface area contributed by atoms with Gasteiger partial charge in [-0.2, -0.15) is 0 Å². The van der Waals surface area contributed by atoms with Gasteiger partial charge in [0, 0.05) is 0 Å². The SMILES string of the molecule is CCC1(C)CCOP(=O)(F)OC1C. The zero-order chi connectivity index (χ0) is 10.1. The quantitative estimate of drug-likeness (QED) is 0.623. The van der Waals surface area contributed by atoms with Gasteiger partial charge in [-0.25, -0.2) is 4.57 Å². The van der Waals surface area contributed by atoms with Gasteiger partial charge in [0.05, 0.1) is 12.7 Å². The minimum Gasteiger partial charge on any atom is -0.284 e. The maximum Gasteiger partial charge on any atom is 0.513 e. The minimum atomic E-state index is -4.28. The monoisotopic (exact) mass is 210 g/mol. The fourth-order valence-electron chi connectivity index (χ4n) is 1.40. The number of halogens is 1. The average Bonchev–Trinajstić information content (AvgIpc) is 2.10. The Morgan fingerprint density at radius 1 is 1.69 bits per heavy atom. The molecular weight excluding hydrogens is 194 g/mol. The largest absolute Gasteiger partial charge is 0.513 e. The highest BCUT2D eigenvalue weighted by Crippen LogP contribution is 2.56. The van der Waals surface area contributed by atoms with Crippen molar-refractivity contribution in [2.45, 2.75) is 39.7 Å². The Hall–Kier alpha value is 0.0800. The molecule has 1 aliphatic rings. The second-order valence-corrected chi connectivity index (χ2v) is 5.10. The lowest BCUT2D eigenvalue weighted by Crippen LogP contribution is -2.29. The first kappa shape index (κ1) is 11.2. The highest BCUT2D eigenvalue weighted by molar-refractivity contribution is 7.48. The Balaban J connectivity index is 2.79. The zero-order valence-corrected chi connectivity index (χ0v) is 9.14. The van der Waals surface area contributed by atoms with E-state index >= 15 is 0 Å². The van der Waals surface area contributed by atoms with E-state index in [0.717, 1.165) is 6.42 Å². The molecule has 3 nitrogen and oxygen atoms in total. The van der Waals surface area contributed by atoms with Crippen molar-refractivity contribution in [1.82, 2.24) is 0 Å². The van der Waals surface area contributed by atoms with E-state index < -0.39 is 7.91 Å². The second-order valence-electron chi connectivity index (χ2n) is 3.77. The highest BCUT2D eigenvalue weighted by Gasteiger charge is 2.40. The Labute approximate surface area is 78.3 Å². The summed E-state index contributed by atoms with van der Waals surface area (Å²) in [6.45, 7) is 5.91. The summed E-state index contributed by atoms with van der Waals surface area (Å²) in [5, 5.41) is 0. The molecule has 0 aromatic rings. The fourth-order valence-corrected chi connectivity index (χ4v) is 2.40. The van der Waals surface area contributed by atoms with Gasteiger partial charge in [-0.05, 0) is 25.2 Å². The van der Waals surface area contributed by atoms with Crippen LogP contribution >= 0.6 is 7.91 Å². The normalized spacial score (nSPS) is 47.2. The molecule has 0 saturated carbocycles. The van der Waals surface area contributed by atoms with Crippen LogP contribution in [0.15, 0.2) is 0 Å². The molecule has 1 fully saturated rings. The summed E-state index contributed by atoms with van der Waals surface area (Å²) in [5.41, 5.74) is -0.141. The predicted octanol–water partition coefficient (Wildman–Crippen LogP) is 3.31. The second kappa shape index (κ2) is 3.68. The lowest BCUT2D eigenvalue weighted by Gasteiger charge is -2.31. The first-order valence-electron chi connectivity index (χ1n) is 4.52. The number of rotatable bonds is 1. The van der Waals surface area contributed by atoms with E-state index in [1.165, 1.54) is 0 Å². The van der Waals surface area contributed by atoms with Gasteiger partial charge in [0.2, 0.25) is 0 Å². The summed E-state index contributed by atoms with van der Waals surface area (Å²) in [7, 11) is -4.28. The van der Waals surface area contributed by atoms with Gasteiger partial charge in [0.1, 0.15) is 0 Å². The maximum atomic E-state index is 13.0. The van der Waals surface area contributed by atoms with Crippen molar-refractivity contribution in [3.63, 3.8) is 0 Å². The molecule has 0 bridgehead atoms. The highest BCUT2D eigenvalue weighted by atomic mass is 31.2. The van der Waals surface area contributed by atoms with Crippen molar-refractivity contribution in [2.75, 3.05) is 6.61 Å². The lowest BCUT2D eigenvalue weighted by molar-refractivity contribution is 0.0688. The summed E-state index contributed by atoms with van der Waals surface area (Å²) in [4.78, 5) is 0. The zero-order valence-electron chi connectivity index (χ0n) is 8.25. The first-order valence-corrected chi connectivity index (χ1v) is 5.95. The number of hydrogen-bond acceptors (Lipinski definition) is 3. The van der Waals surface area contributed by atoms with Gasteiger partial charge in [0.15, 0.2) is 0 Å². The molecule has 3 atom stereocenters. The molecule has 3 unspecified atom stereocenters. The molecule has 0 aliphatic carbocycles. The Morgan fingerprint density at radius 3 is 2.85 bits per heavy atom. The van der Waals surface area contributed by atoms with Crippen molar-refractivity contribution >= 4 is 7.91 Å². The molecule has 1 saturated heterocycles. The van der Waals surface area contributed by atoms with Crippen LogP contribution in [0.5, 0.6) is 0 Å². The van der Waals surface area contributed by atoms with Crippen molar-refractivity contribution in [1.29, 1.82) is 0 Å². The van der Waals surface area contributed by atoms with Crippen molar-refractivity contribution in [2.24, 2.45) is 5.41 Å². The Morgan fingerprint density at radius 2 is 2.31 bits per heavy atom. The molecule has 0 spiro atoms. The predicted molar refractivity (Wildman–Crippen MR) is 48.2 cm³/mol. The fraction of sp³-hybridized carbons (Fsp3) is 1.00. The minimum absolute atomic E-state index is 0.141. The van der Waals surface area contributed by atoms with Gasteiger partial charge < -0.3 is 0 Å². The van der Waals surface area contributed by atoms with E-state index in [1.54, 1.807) is 6.92 Å². The summed E-state index contributed by atoms with van der Waals surface area (Å²) in [6.07, 6.45) is 1.17. The molecule has 0 aromatic heterocycles. The van der Waals surface area contributed by atoms with Gasteiger partial charge in [-0.15, -0.1) is 4.20 Å². The first-order chi connectivity index (χ1) is 5.90. The molecule has 0 amide bonds. The van der Waals surface area contributed by atoms with Crippen LogP contribution in [0, 0.1) is 5.41 Å². The van der Waals surface area contributed by atoms with Crippen molar-refractivity contribution < 1.29 is 17.8 Å². The molecule has 1 heterocycles. The topological polar surface area (TPSA) is 35.5 Å². The third-order valence-corrected chi connectivity index (χ3v) is 4.05. The summed E-state index contributed by atoms with van der Waals surface area (Å²) >= 11 is 0. The molecule has 1 aliphatic heterocycles. The summed E-state index contributed by atoms with van der Waals surface area (Å²) < 4.78 is 33.2. The molecule has 5 heteroatoms. The maximum absolute atomic E-state index is 13.0. The summed E-state index contributed by atoms with van der Waals surface area (Å²) in [5.74, 6) is 0. The standard InChI is InChI=1S/C8H16FO3P/c1-4-8(3)5-6-11-13(9,10)12-7(8)2/h7H,4-6H2,1-3H3. The molecule has 78 valence electrons. The third kappa shape index (κ3) is 2.52. The van der Waals surface area contributed by atoms with Gasteiger partial charge in [-0.1, -0.05) is 13.8 Å². The van der Waals surface area contributed by atoms with Crippen LogP contribution in [0.4, 0.5) is 4.20 Å². The van der Waals surface area contributed by atoms with Crippen LogP contribution in [0.3, 0.4) is 0 Å². The molecule has 0 radical (unpaired) electrons. The average molecular weight is 210 g/mol. The van der Waals surface area contributed by atoms with E-state index in [-0.39, 0.29) is 18.1 Å². The van der Waals surface area contributed by atoms with Crippen LogP contribution < -0.4 is 0 Å². The van der Waals surface area contributed by atoms with Crippen LogP contribution in [0.2, 0.25) is 0 Å². The molecule has 1 rings (SSSR count). The molecule has 13 heavy (non-hydrogen) atoms. The van der Waals surface area contributed by atoms with Crippen LogP contribution in [0.25, 0.3) is 0 Å². The molecule has 0 N–H and O–H groups in total. The van der Waals surface area contributed by atoms with E-state index in [9.17, 15) is 8.76 Å². The Kier molecular flexibility index (Phi) is 3.16. The van der Waals surface area contributed by atoms with Gasteiger partial charge >= 0.3 is 7.91 Å². The smallest absolute Gasteiger partial charge is 0.284 e. The van der Waals surface area contributed by atoms with Crippen LogP contribution in [0.1, 0.15) is 33.6 Å². The third-order valence-electron chi connectivity index (χ3n) is 2.99. The van der Waals surface area contributed by atoms with Crippen molar-refractivity contribution in [3.05, 3.63) is 0 Å².